The first-order valence-corrected chi connectivity index (χ1v) is 5.48. The normalized spacial score (nSPS) is 10.1. The van der Waals surface area contributed by atoms with Crippen molar-refractivity contribution < 1.29 is 9.90 Å². The Hall–Kier alpha value is -2.50. The standard InChI is InChI=1S/C12H12N4O2/c1-2-13-10-8(12(17)18)7-15-11(16-10)9-5-3-4-6-14-9/h3-7H,2H2,1H3,(H,17,18)(H,13,15,16). The van der Waals surface area contributed by atoms with E-state index in [1.807, 2.05) is 13.0 Å². The number of carboxylic acid groups (broad SMARTS) is 1. The summed E-state index contributed by atoms with van der Waals surface area (Å²) in [4.78, 5) is 23.3. The predicted octanol–water partition coefficient (Wildman–Crippen LogP) is 1.67. The number of aromatic nitrogens is 3. The summed E-state index contributed by atoms with van der Waals surface area (Å²) in [5.74, 6) is -0.351. The van der Waals surface area contributed by atoms with E-state index in [2.05, 4.69) is 20.3 Å². The van der Waals surface area contributed by atoms with Crippen LogP contribution in [0.5, 0.6) is 0 Å². The predicted molar refractivity (Wildman–Crippen MR) is 66.4 cm³/mol. The number of hydrogen-bond donors (Lipinski definition) is 2. The third-order valence-electron chi connectivity index (χ3n) is 2.26. The molecule has 0 aliphatic heterocycles. The third kappa shape index (κ3) is 2.42. The molecule has 0 aliphatic rings. The number of aromatic carboxylic acids is 1. The molecule has 2 heterocycles. The van der Waals surface area contributed by atoms with Crippen LogP contribution in [0.2, 0.25) is 0 Å². The van der Waals surface area contributed by atoms with Crippen LogP contribution < -0.4 is 5.32 Å². The molecule has 0 aromatic carbocycles. The maximum absolute atomic E-state index is 11.0. The Morgan fingerprint density at radius 1 is 1.39 bits per heavy atom. The lowest BCUT2D eigenvalue weighted by molar-refractivity contribution is 0.0697. The maximum atomic E-state index is 11.0. The molecule has 6 nitrogen and oxygen atoms in total. The van der Waals surface area contributed by atoms with E-state index in [-0.39, 0.29) is 5.56 Å². The van der Waals surface area contributed by atoms with E-state index in [0.29, 0.717) is 23.9 Å². The number of carbonyl (C=O) groups is 1. The highest BCUT2D eigenvalue weighted by atomic mass is 16.4. The van der Waals surface area contributed by atoms with E-state index in [1.54, 1.807) is 18.3 Å². The lowest BCUT2D eigenvalue weighted by Gasteiger charge is -2.07. The molecule has 0 saturated heterocycles. The lowest BCUT2D eigenvalue weighted by Crippen LogP contribution is -2.09. The van der Waals surface area contributed by atoms with Crippen molar-refractivity contribution in [3.8, 4) is 11.5 Å². The largest absolute Gasteiger partial charge is 0.477 e. The van der Waals surface area contributed by atoms with Gasteiger partial charge in [-0.3, -0.25) is 4.98 Å². The minimum Gasteiger partial charge on any atom is -0.477 e. The molecule has 0 bridgehead atoms. The van der Waals surface area contributed by atoms with Crippen molar-refractivity contribution in [2.45, 2.75) is 6.92 Å². The number of nitrogens with one attached hydrogen (secondary N) is 1. The molecular formula is C12H12N4O2. The molecule has 0 unspecified atom stereocenters. The first kappa shape index (κ1) is 12.0. The number of pyridine rings is 1. The maximum Gasteiger partial charge on any atom is 0.341 e. The van der Waals surface area contributed by atoms with Gasteiger partial charge in [-0.15, -0.1) is 0 Å². The fourth-order valence-electron chi connectivity index (χ4n) is 1.46. The summed E-state index contributed by atoms with van der Waals surface area (Å²) in [6.45, 7) is 2.45. The molecule has 6 heteroatoms. The Bertz CT molecular complexity index is 557. The van der Waals surface area contributed by atoms with Crippen molar-refractivity contribution in [1.82, 2.24) is 15.0 Å². The summed E-state index contributed by atoms with van der Waals surface area (Å²) >= 11 is 0. The Morgan fingerprint density at radius 2 is 2.22 bits per heavy atom. The third-order valence-corrected chi connectivity index (χ3v) is 2.26. The van der Waals surface area contributed by atoms with Gasteiger partial charge in [-0.05, 0) is 19.1 Å². The van der Waals surface area contributed by atoms with Gasteiger partial charge in [0.05, 0.1) is 0 Å². The van der Waals surface area contributed by atoms with Gasteiger partial charge in [-0.1, -0.05) is 6.07 Å². The summed E-state index contributed by atoms with van der Waals surface area (Å²) < 4.78 is 0. The number of nitrogens with zero attached hydrogens (tertiary/aromatic N) is 3. The molecule has 0 spiro atoms. The number of rotatable bonds is 4. The second-order valence-electron chi connectivity index (χ2n) is 3.51. The lowest BCUT2D eigenvalue weighted by atomic mass is 10.3. The topological polar surface area (TPSA) is 88.0 Å². The van der Waals surface area contributed by atoms with Crippen molar-refractivity contribution in [2.24, 2.45) is 0 Å². The molecule has 2 aromatic heterocycles. The van der Waals surface area contributed by atoms with Gasteiger partial charge >= 0.3 is 5.97 Å². The number of carboxylic acids is 1. The van der Waals surface area contributed by atoms with Gasteiger partial charge in [0.25, 0.3) is 0 Å². The molecule has 0 aliphatic carbocycles. The van der Waals surface area contributed by atoms with E-state index >= 15 is 0 Å². The van der Waals surface area contributed by atoms with Crippen LogP contribution in [0.4, 0.5) is 5.82 Å². The summed E-state index contributed by atoms with van der Waals surface area (Å²) in [7, 11) is 0. The van der Waals surface area contributed by atoms with Crippen LogP contribution in [0.15, 0.2) is 30.6 Å². The first-order chi connectivity index (χ1) is 8.72. The smallest absolute Gasteiger partial charge is 0.341 e. The summed E-state index contributed by atoms with van der Waals surface area (Å²) in [5, 5.41) is 11.9. The Balaban J connectivity index is 2.46. The highest BCUT2D eigenvalue weighted by Gasteiger charge is 2.14. The highest BCUT2D eigenvalue weighted by molar-refractivity contribution is 5.93. The van der Waals surface area contributed by atoms with Gasteiger partial charge in [0.2, 0.25) is 0 Å². The van der Waals surface area contributed by atoms with Gasteiger partial charge in [-0.25, -0.2) is 14.8 Å². The molecule has 0 amide bonds. The van der Waals surface area contributed by atoms with Gasteiger partial charge < -0.3 is 10.4 Å². The van der Waals surface area contributed by atoms with E-state index < -0.39 is 5.97 Å². The molecule has 0 radical (unpaired) electrons. The van der Waals surface area contributed by atoms with E-state index in [1.165, 1.54) is 6.20 Å². The quantitative estimate of drug-likeness (QED) is 0.850. The van der Waals surface area contributed by atoms with Crippen LogP contribution in [0.1, 0.15) is 17.3 Å². The summed E-state index contributed by atoms with van der Waals surface area (Å²) in [6.07, 6.45) is 2.92. The zero-order chi connectivity index (χ0) is 13.0. The van der Waals surface area contributed by atoms with Crippen LogP contribution in [0, 0.1) is 0 Å². The van der Waals surface area contributed by atoms with Crippen LogP contribution in [0.25, 0.3) is 11.5 Å². The average Bonchev–Trinajstić information content (AvgIpc) is 2.40. The molecule has 18 heavy (non-hydrogen) atoms. The second-order valence-corrected chi connectivity index (χ2v) is 3.51. The van der Waals surface area contributed by atoms with E-state index in [9.17, 15) is 4.79 Å². The zero-order valence-electron chi connectivity index (χ0n) is 9.79. The second kappa shape index (κ2) is 5.22. The summed E-state index contributed by atoms with van der Waals surface area (Å²) in [5.41, 5.74) is 0.658. The van der Waals surface area contributed by atoms with Crippen LogP contribution >= 0.6 is 0 Å². The van der Waals surface area contributed by atoms with Crippen molar-refractivity contribution in [2.75, 3.05) is 11.9 Å². The van der Waals surface area contributed by atoms with Crippen LogP contribution in [-0.2, 0) is 0 Å². The van der Waals surface area contributed by atoms with Crippen molar-refractivity contribution >= 4 is 11.8 Å². The molecule has 0 atom stereocenters. The van der Waals surface area contributed by atoms with Gasteiger partial charge in [-0.2, -0.15) is 0 Å². The minimum atomic E-state index is -1.06. The van der Waals surface area contributed by atoms with Crippen LogP contribution in [0.3, 0.4) is 0 Å². The van der Waals surface area contributed by atoms with Gasteiger partial charge in [0.1, 0.15) is 17.1 Å². The van der Waals surface area contributed by atoms with Gasteiger partial charge in [0, 0.05) is 18.9 Å². The molecule has 2 rings (SSSR count). The van der Waals surface area contributed by atoms with E-state index in [0.717, 1.165) is 0 Å². The Morgan fingerprint density at radius 3 is 2.83 bits per heavy atom. The SMILES string of the molecule is CCNc1nc(-c2ccccn2)ncc1C(=O)O. The first-order valence-electron chi connectivity index (χ1n) is 5.48. The van der Waals surface area contributed by atoms with Crippen molar-refractivity contribution in [3.63, 3.8) is 0 Å². The Kier molecular flexibility index (Phi) is 3.47. The molecule has 0 saturated carbocycles. The fourth-order valence-corrected chi connectivity index (χ4v) is 1.46. The molecule has 0 fully saturated rings. The molecule has 2 N–H and O–H groups in total. The number of anilines is 1. The summed E-state index contributed by atoms with van der Waals surface area (Å²) in [6, 6.07) is 5.38. The average molecular weight is 244 g/mol. The molecular weight excluding hydrogens is 232 g/mol. The molecule has 2 aromatic rings. The van der Waals surface area contributed by atoms with Gasteiger partial charge in [0.15, 0.2) is 5.82 Å². The number of hydrogen-bond acceptors (Lipinski definition) is 5. The van der Waals surface area contributed by atoms with Crippen LogP contribution in [-0.4, -0.2) is 32.6 Å². The fraction of sp³-hybridized carbons (Fsp3) is 0.167. The highest BCUT2D eigenvalue weighted by Crippen LogP contribution is 2.17. The monoisotopic (exact) mass is 244 g/mol. The van der Waals surface area contributed by atoms with Crippen molar-refractivity contribution in [1.29, 1.82) is 0 Å². The van der Waals surface area contributed by atoms with E-state index in [4.69, 9.17) is 5.11 Å². The molecule has 92 valence electrons. The van der Waals surface area contributed by atoms with Crippen molar-refractivity contribution in [3.05, 3.63) is 36.2 Å². The minimum absolute atomic E-state index is 0.0523. The Labute approximate surface area is 104 Å². The zero-order valence-corrected chi connectivity index (χ0v) is 9.79.